The van der Waals surface area contributed by atoms with Gasteiger partial charge in [-0.1, -0.05) is 23.7 Å². The van der Waals surface area contributed by atoms with Crippen LogP contribution in [0.3, 0.4) is 0 Å². The van der Waals surface area contributed by atoms with Gasteiger partial charge < -0.3 is 24.4 Å². The monoisotopic (exact) mass is 544 g/mol. The second kappa shape index (κ2) is 12.7. The van der Waals surface area contributed by atoms with Crippen molar-refractivity contribution in [3.63, 3.8) is 0 Å². The number of halogens is 1. The van der Waals surface area contributed by atoms with E-state index in [2.05, 4.69) is 11.4 Å². The molecule has 206 valence electrons. The summed E-state index contributed by atoms with van der Waals surface area (Å²) in [5, 5.41) is 12.9. The molecule has 9 nitrogen and oxygen atoms in total. The zero-order valence-electron chi connectivity index (χ0n) is 23.3. The van der Waals surface area contributed by atoms with Crippen LogP contribution >= 0.6 is 11.6 Å². The van der Waals surface area contributed by atoms with Crippen LogP contribution in [0.5, 0.6) is 5.75 Å². The number of amides is 2. The molecule has 1 N–H and O–H groups in total. The van der Waals surface area contributed by atoms with Crippen LogP contribution in [-0.2, 0) is 16.0 Å². The molecule has 0 spiro atoms. The van der Waals surface area contributed by atoms with Crippen LogP contribution in [-0.4, -0.2) is 50.6 Å². The number of nitrogens with zero attached hydrogens (tertiary/aromatic N) is 3. The molecule has 38 heavy (non-hydrogen) atoms. The molecule has 2 rings (SSSR count). The molecule has 0 aliphatic rings. The lowest BCUT2D eigenvalue weighted by Gasteiger charge is -2.29. The van der Waals surface area contributed by atoms with Crippen molar-refractivity contribution < 1.29 is 23.8 Å². The summed E-state index contributed by atoms with van der Waals surface area (Å²) < 4.78 is 16.1. The van der Waals surface area contributed by atoms with Crippen LogP contribution in [0.1, 0.15) is 52.7 Å². The van der Waals surface area contributed by atoms with E-state index in [1.54, 1.807) is 84.9 Å². The van der Waals surface area contributed by atoms with Crippen molar-refractivity contribution in [2.75, 3.05) is 37.0 Å². The molecule has 0 fully saturated rings. The number of hydrogen-bond donors (Lipinski definition) is 1. The van der Waals surface area contributed by atoms with E-state index in [4.69, 9.17) is 25.8 Å². The summed E-state index contributed by atoms with van der Waals surface area (Å²) in [4.78, 5) is 28.4. The molecule has 0 aliphatic carbocycles. The third-order valence-corrected chi connectivity index (χ3v) is 5.42. The first-order valence-electron chi connectivity index (χ1n) is 12.2. The van der Waals surface area contributed by atoms with Gasteiger partial charge in [0.1, 0.15) is 23.0 Å². The number of nitrogens with one attached hydrogen (secondary N) is 1. The van der Waals surface area contributed by atoms with Gasteiger partial charge in [-0.25, -0.2) is 9.59 Å². The minimum atomic E-state index is -0.735. The summed E-state index contributed by atoms with van der Waals surface area (Å²) >= 11 is 6.69. The van der Waals surface area contributed by atoms with Crippen molar-refractivity contribution in [2.24, 2.45) is 0 Å². The number of alkyl carbamates (subject to hydrolysis) is 1. The summed E-state index contributed by atoms with van der Waals surface area (Å²) in [6.45, 7) is 11.6. The number of rotatable bonds is 8. The largest absolute Gasteiger partial charge is 0.497 e. The predicted molar refractivity (Wildman–Crippen MR) is 149 cm³/mol. The number of carbonyl (C=O) groups excluding carboxylic acids is 2. The fourth-order valence-electron chi connectivity index (χ4n) is 3.40. The summed E-state index contributed by atoms with van der Waals surface area (Å²) in [5.41, 5.74) is 0.700. The Labute approximate surface area is 230 Å². The molecule has 0 heterocycles. The van der Waals surface area contributed by atoms with Gasteiger partial charge >= 0.3 is 12.2 Å². The Bertz CT molecular complexity index is 1160. The number of likely N-dealkylation sites (N-methyl/N-ethyl adjacent to an activating group) is 1. The zero-order valence-corrected chi connectivity index (χ0v) is 24.1. The molecule has 2 amide bonds. The number of ether oxygens (including phenoxy) is 3. The molecule has 0 unspecified atom stereocenters. The zero-order chi connectivity index (χ0) is 28.7. The quantitative estimate of drug-likeness (QED) is 0.426. The van der Waals surface area contributed by atoms with Gasteiger partial charge in [0.2, 0.25) is 0 Å². The highest BCUT2D eigenvalue weighted by Gasteiger charge is 2.27. The minimum absolute atomic E-state index is 0.165. The number of hydrogen-bond acceptors (Lipinski definition) is 7. The Morgan fingerprint density at radius 1 is 1.00 bits per heavy atom. The number of anilines is 2. The van der Waals surface area contributed by atoms with E-state index in [0.717, 1.165) is 5.56 Å². The lowest BCUT2D eigenvalue weighted by molar-refractivity contribution is 0.0527. The normalized spacial score (nSPS) is 11.3. The molecular weight excluding hydrogens is 508 g/mol. The van der Waals surface area contributed by atoms with E-state index in [0.29, 0.717) is 29.2 Å². The highest BCUT2D eigenvalue weighted by molar-refractivity contribution is 6.34. The van der Waals surface area contributed by atoms with Gasteiger partial charge in [0.25, 0.3) is 0 Å². The average Bonchev–Trinajstić information content (AvgIpc) is 2.80. The van der Waals surface area contributed by atoms with Crippen molar-refractivity contribution in [2.45, 2.75) is 59.3 Å². The van der Waals surface area contributed by atoms with Crippen molar-refractivity contribution in [1.82, 2.24) is 5.32 Å². The maximum absolute atomic E-state index is 13.2. The molecule has 0 aliphatic heterocycles. The molecule has 0 aromatic heterocycles. The average molecular weight is 545 g/mol. The first-order chi connectivity index (χ1) is 17.6. The first kappa shape index (κ1) is 30.6. The van der Waals surface area contributed by atoms with Crippen LogP contribution < -0.4 is 19.9 Å². The second-order valence-corrected chi connectivity index (χ2v) is 11.1. The fourth-order valence-corrected chi connectivity index (χ4v) is 3.66. The highest BCUT2D eigenvalue weighted by atomic mass is 35.5. The van der Waals surface area contributed by atoms with Gasteiger partial charge in [0, 0.05) is 20.1 Å². The van der Waals surface area contributed by atoms with Crippen LogP contribution in [0, 0.1) is 11.3 Å². The Morgan fingerprint density at radius 2 is 1.61 bits per heavy atom. The Balaban J connectivity index is 2.33. The maximum atomic E-state index is 13.2. The van der Waals surface area contributed by atoms with E-state index in [1.807, 2.05) is 12.1 Å². The van der Waals surface area contributed by atoms with Crippen LogP contribution in [0.4, 0.5) is 21.0 Å². The van der Waals surface area contributed by atoms with E-state index < -0.39 is 23.4 Å². The SMILES string of the molecule is COc1ccc(CN(C(=O)OC(C)(C)C)c2cc(C#N)c(N(C)CCNC(=O)OC(C)(C)C)cc2Cl)cc1. The van der Waals surface area contributed by atoms with Crippen molar-refractivity contribution in [3.8, 4) is 11.8 Å². The summed E-state index contributed by atoms with van der Waals surface area (Å²) in [7, 11) is 3.36. The number of benzene rings is 2. The second-order valence-electron chi connectivity index (χ2n) is 10.7. The van der Waals surface area contributed by atoms with E-state index in [9.17, 15) is 14.9 Å². The van der Waals surface area contributed by atoms with Crippen LogP contribution in [0.15, 0.2) is 36.4 Å². The van der Waals surface area contributed by atoms with Gasteiger partial charge in [-0.05, 0) is 71.4 Å². The van der Waals surface area contributed by atoms with E-state index in [1.165, 1.54) is 4.90 Å². The van der Waals surface area contributed by atoms with Crippen LogP contribution in [0.25, 0.3) is 0 Å². The van der Waals surface area contributed by atoms with Crippen LogP contribution in [0.2, 0.25) is 5.02 Å². The first-order valence-corrected chi connectivity index (χ1v) is 12.6. The highest BCUT2D eigenvalue weighted by Crippen LogP contribution is 2.35. The predicted octanol–water partition coefficient (Wildman–Crippen LogP) is 6.12. The lowest BCUT2D eigenvalue weighted by Crippen LogP contribution is -2.37. The molecule has 2 aromatic rings. The van der Waals surface area contributed by atoms with E-state index >= 15 is 0 Å². The fraction of sp³-hybridized carbons (Fsp3) is 0.464. The molecule has 0 saturated heterocycles. The van der Waals surface area contributed by atoms with E-state index in [-0.39, 0.29) is 18.1 Å². The number of methoxy groups -OCH3 is 1. The lowest BCUT2D eigenvalue weighted by atomic mass is 10.1. The number of carbonyl (C=O) groups is 2. The summed E-state index contributed by atoms with van der Waals surface area (Å²) in [6.07, 6.45) is -1.12. The molecule has 10 heteroatoms. The van der Waals surface area contributed by atoms with Gasteiger partial charge in [0.15, 0.2) is 0 Å². The Morgan fingerprint density at radius 3 is 2.13 bits per heavy atom. The molecule has 0 radical (unpaired) electrons. The smallest absolute Gasteiger partial charge is 0.415 e. The minimum Gasteiger partial charge on any atom is -0.497 e. The third kappa shape index (κ3) is 9.34. The Kier molecular flexibility index (Phi) is 10.3. The van der Waals surface area contributed by atoms with Crippen molar-refractivity contribution in [3.05, 3.63) is 52.5 Å². The van der Waals surface area contributed by atoms with Gasteiger partial charge in [-0.2, -0.15) is 5.26 Å². The maximum Gasteiger partial charge on any atom is 0.415 e. The molecule has 0 bridgehead atoms. The van der Waals surface area contributed by atoms with Gasteiger partial charge in [0.05, 0.1) is 35.6 Å². The number of nitriles is 1. The third-order valence-electron chi connectivity index (χ3n) is 5.12. The molecular formula is C28H37ClN4O5. The standard InChI is InChI=1S/C28H37ClN4O5/c1-27(2,3)37-25(34)31-13-14-32(7)23-16-22(29)24(15-20(23)17-30)33(26(35)38-28(4,5)6)18-19-9-11-21(36-8)12-10-19/h9-12,15-16H,13-14,18H2,1-8H3,(H,31,34). The van der Waals surface area contributed by atoms with Gasteiger partial charge in [-0.15, -0.1) is 0 Å². The van der Waals surface area contributed by atoms with Crippen molar-refractivity contribution >= 4 is 35.2 Å². The molecule has 2 aromatic carbocycles. The van der Waals surface area contributed by atoms with Gasteiger partial charge in [-0.3, -0.25) is 4.90 Å². The molecule has 0 saturated carbocycles. The molecule has 0 atom stereocenters. The Hall–Kier alpha value is -3.64. The summed E-state index contributed by atoms with van der Waals surface area (Å²) in [5.74, 6) is 0.691. The summed E-state index contributed by atoms with van der Waals surface area (Å²) in [6, 6.07) is 12.7. The van der Waals surface area contributed by atoms with Crippen molar-refractivity contribution in [1.29, 1.82) is 5.26 Å². The topological polar surface area (TPSA) is 104 Å².